The van der Waals surface area contributed by atoms with E-state index in [1.165, 1.54) is 4.88 Å². The van der Waals surface area contributed by atoms with Crippen LogP contribution in [0.25, 0.3) is 0 Å². The van der Waals surface area contributed by atoms with E-state index >= 15 is 0 Å². The lowest BCUT2D eigenvalue weighted by Gasteiger charge is -2.26. The van der Waals surface area contributed by atoms with E-state index in [0.29, 0.717) is 6.54 Å². The van der Waals surface area contributed by atoms with Gasteiger partial charge >= 0.3 is 6.03 Å². The van der Waals surface area contributed by atoms with Crippen molar-refractivity contribution < 1.29 is 9.90 Å². The van der Waals surface area contributed by atoms with E-state index in [-0.39, 0.29) is 18.2 Å². The van der Waals surface area contributed by atoms with Crippen molar-refractivity contribution in [2.75, 3.05) is 6.54 Å². The molecule has 5 nitrogen and oxygen atoms in total. The summed E-state index contributed by atoms with van der Waals surface area (Å²) in [6.07, 6.45) is 6.80. The smallest absolute Gasteiger partial charge is 0.315 e. The molecule has 0 radical (unpaired) electrons. The van der Waals surface area contributed by atoms with E-state index in [2.05, 4.69) is 22.5 Å². The topological polar surface area (TPSA) is 74.2 Å². The van der Waals surface area contributed by atoms with Gasteiger partial charge in [0.25, 0.3) is 0 Å². The minimum Gasteiger partial charge on any atom is -0.393 e. The monoisotopic (exact) mass is 297 g/mol. The fraction of sp³-hybridized carbons (Fsp3) is 0.714. The molecule has 0 atom stereocenters. The first-order chi connectivity index (χ1) is 9.67. The maximum Gasteiger partial charge on any atom is 0.315 e. The predicted molar refractivity (Wildman–Crippen MR) is 80.0 cm³/mol. The molecule has 112 valence electrons. The van der Waals surface area contributed by atoms with E-state index in [9.17, 15) is 9.90 Å². The number of thiazole rings is 1. The lowest BCUT2D eigenvalue weighted by molar-refractivity contribution is 0.117. The van der Waals surface area contributed by atoms with E-state index in [1.54, 1.807) is 11.3 Å². The van der Waals surface area contributed by atoms with Crippen LogP contribution in [0.5, 0.6) is 0 Å². The molecule has 2 rings (SSSR count). The van der Waals surface area contributed by atoms with Crippen molar-refractivity contribution in [2.45, 2.75) is 57.6 Å². The molecule has 6 heteroatoms. The lowest BCUT2D eigenvalue weighted by Crippen LogP contribution is -2.44. The summed E-state index contributed by atoms with van der Waals surface area (Å²) in [7, 11) is 0. The number of aliphatic hydroxyl groups excluding tert-OH is 1. The molecular weight excluding hydrogens is 274 g/mol. The Kier molecular flexibility index (Phi) is 5.79. The van der Waals surface area contributed by atoms with Crippen LogP contribution in [-0.2, 0) is 12.8 Å². The standard InChI is InChI=1S/C14H23N3O2S/c1-2-12-9-16-13(20-12)7-8-15-14(19)17-10-3-5-11(18)6-4-10/h9-11,18H,2-8H2,1H3,(H2,15,17,19). The number of carbonyl (C=O) groups is 1. The molecule has 1 aromatic rings. The van der Waals surface area contributed by atoms with Gasteiger partial charge in [0.2, 0.25) is 0 Å². The van der Waals surface area contributed by atoms with Crippen LogP contribution in [0.1, 0.15) is 42.5 Å². The van der Waals surface area contributed by atoms with Gasteiger partial charge in [-0.05, 0) is 32.1 Å². The third-order valence-corrected chi connectivity index (χ3v) is 4.81. The number of aliphatic hydroxyl groups is 1. The van der Waals surface area contributed by atoms with Gasteiger partial charge < -0.3 is 15.7 Å². The Balaban J connectivity index is 1.62. The van der Waals surface area contributed by atoms with Crippen LogP contribution in [0, 0.1) is 0 Å². The van der Waals surface area contributed by atoms with Crippen molar-refractivity contribution in [1.82, 2.24) is 15.6 Å². The molecule has 1 aromatic heterocycles. The van der Waals surface area contributed by atoms with Gasteiger partial charge in [0.15, 0.2) is 0 Å². The molecule has 0 unspecified atom stereocenters. The highest BCUT2D eigenvalue weighted by atomic mass is 32.1. The van der Waals surface area contributed by atoms with Crippen LogP contribution in [-0.4, -0.2) is 34.8 Å². The molecule has 20 heavy (non-hydrogen) atoms. The summed E-state index contributed by atoms with van der Waals surface area (Å²) in [6, 6.07) is 0.0867. The molecule has 1 heterocycles. The molecule has 1 saturated carbocycles. The first kappa shape index (κ1) is 15.3. The maximum atomic E-state index is 11.7. The SMILES string of the molecule is CCc1cnc(CCNC(=O)NC2CCC(O)CC2)s1. The van der Waals surface area contributed by atoms with Gasteiger partial charge in [-0.1, -0.05) is 6.92 Å². The van der Waals surface area contributed by atoms with E-state index in [1.807, 2.05) is 6.20 Å². The summed E-state index contributed by atoms with van der Waals surface area (Å²) in [5.41, 5.74) is 0. The van der Waals surface area contributed by atoms with Crippen LogP contribution in [0.2, 0.25) is 0 Å². The number of rotatable bonds is 5. The van der Waals surface area contributed by atoms with Gasteiger partial charge in [-0.2, -0.15) is 0 Å². The first-order valence-corrected chi connectivity index (χ1v) is 8.15. The summed E-state index contributed by atoms with van der Waals surface area (Å²) >= 11 is 1.71. The quantitative estimate of drug-likeness (QED) is 0.776. The number of carbonyl (C=O) groups excluding carboxylic acids is 1. The molecule has 0 saturated heterocycles. The summed E-state index contributed by atoms with van der Waals surface area (Å²) in [5.74, 6) is 0. The third kappa shape index (κ3) is 4.76. The van der Waals surface area contributed by atoms with Crippen molar-refractivity contribution in [1.29, 1.82) is 0 Å². The van der Waals surface area contributed by atoms with Crippen LogP contribution in [0.3, 0.4) is 0 Å². The fourth-order valence-corrected chi connectivity index (χ4v) is 3.23. The predicted octanol–water partition coefficient (Wildman–Crippen LogP) is 1.85. The van der Waals surface area contributed by atoms with Gasteiger partial charge in [0.1, 0.15) is 0 Å². The number of nitrogens with one attached hydrogen (secondary N) is 2. The Morgan fingerprint density at radius 3 is 2.85 bits per heavy atom. The lowest BCUT2D eigenvalue weighted by atomic mass is 9.93. The molecule has 0 bridgehead atoms. The van der Waals surface area contributed by atoms with Crippen molar-refractivity contribution in [3.05, 3.63) is 16.1 Å². The summed E-state index contributed by atoms with van der Waals surface area (Å²) in [4.78, 5) is 17.4. The average Bonchev–Trinajstić information content (AvgIpc) is 2.89. The second-order valence-electron chi connectivity index (χ2n) is 5.23. The van der Waals surface area contributed by atoms with Crippen molar-refractivity contribution in [2.24, 2.45) is 0 Å². The molecule has 0 spiro atoms. The van der Waals surface area contributed by atoms with Gasteiger partial charge in [0.05, 0.1) is 11.1 Å². The molecule has 1 fully saturated rings. The van der Waals surface area contributed by atoms with E-state index < -0.39 is 0 Å². The second-order valence-corrected chi connectivity index (χ2v) is 6.43. The largest absolute Gasteiger partial charge is 0.393 e. The molecule has 1 aliphatic rings. The van der Waals surface area contributed by atoms with Crippen LogP contribution >= 0.6 is 11.3 Å². The molecule has 0 aromatic carbocycles. The molecule has 2 amide bonds. The zero-order valence-corrected chi connectivity index (χ0v) is 12.7. The minimum atomic E-state index is -0.186. The number of urea groups is 1. The first-order valence-electron chi connectivity index (χ1n) is 7.33. The Bertz CT molecular complexity index is 428. The Morgan fingerprint density at radius 2 is 2.20 bits per heavy atom. The second kappa shape index (κ2) is 7.59. The summed E-state index contributed by atoms with van der Waals surface area (Å²) in [5, 5.41) is 16.3. The number of aryl methyl sites for hydroxylation is 1. The van der Waals surface area contributed by atoms with Crippen LogP contribution in [0.4, 0.5) is 4.79 Å². The zero-order chi connectivity index (χ0) is 14.4. The van der Waals surface area contributed by atoms with Crippen molar-refractivity contribution in [3.8, 4) is 0 Å². The average molecular weight is 297 g/mol. The van der Waals surface area contributed by atoms with Gasteiger partial charge in [-0.3, -0.25) is 0 Å². The van der Waals surface area contributed by atoms with Crippen molar-refractivity contribution >= 4 is 17.4 Å². The highest BCUT2D eigenvalue weighted by Gasteiger charge is 2.20. The van der Waals surface area contributed by atoms with Crippen LogP contribution in [0.15, 0.2) is 6.20 Å². The molecule has 1 aliphatic carbocycles. The van der Waals surface area contributed by atoms with E-state index in [4.69, 9.17) is 0 Å². The minimum absolute atomic E-state index is 0.112. The van der Waals surface area contributed by atoms with Gasteiger partial charge in [0, 0.05) is 30.1 Å². The number of nitrogens with zero attached hydrogens (tertiary/aromatic N) is 1. The number of amides is 2. The fourth-order valence-electron chi connectivity index (χ4n) is 2.37. The number of aromatic nitrogens is 1. The molecule has 3 N–H and O–H groups in total. The molecule has 0 aliphatic heterocycles. The summed E-state index contributed by atoms with van der Waals surface area (Å²) < 4.78 is 0. The van der Waals surface area contributed by atoms with Crippen molar-refractivity contribution in [3.63, 3.8) is 0 Å². The molecular formula is C14H23N3O2S. The Labute approximate surface area is 123 Å². The third-order valence-electron chi connectivity index (χ3n) is 3.61. The maximum absolute atomic E-state index is 11.7. The highest BCUT2D eigenvalue weighted by Crippen LogP contribution is 2.18. The number of hydrogen-bond donors (Lipinski definition) is 3. The number of hydrogen-bond acceptors (Lipinski definition) is 4. The highest BCUT2D eigenvalue weighted by molar-refractivity contribution is 7.11. The Hall–Kier alpha value is -1.14. The van der Waals surface area contributed by atoms with E-state index in [0.717, 1.165) is 43.5 Å². The Morgan fingerprint density at radius 1 is 1.45 bits per heavy atom. The zero-order valence-electron chi connectivity index (χ0n) is 11.9. The van der Waals surface area contributed by atoms with Gasteiger partial charge in [-0.25, -0.2) is 9.78 Å². The summed E-state index contributed by atoms with van der Waals surface area (Å²) in [6.45, 7) is 2.72. The van der Waals surface area contributed by atoms with Crippen LogP contribution < -0.4 is 10.6 Å². The van der Waals surface area contributed by atoms with Gasteiger partial charge in [-0.15, -0.1) is 11.3 Å². The normalized spacial score (nSPS) is 22.5.